The van der Waals surface area contributed by atoms with Crippen LogP contribution in [-0.4, -0.2) is 4.92 Å². The van der Waals surface area contributed by atoms with Crippen LogP contribution in [0, 0.1) is 15.9 Å². The van der Waals surface area contributed by atoms with Crippen molar-refractivity contribution < 1.29 is 9.31 Å². The van der Waals surface area contributed by atoms with Crippen LogP contribution in [0.2, 0.25) is 0 Å². The van der Waals surface area contributed by atoms with Crippen LogP contribution in [-0.2, 0) is 0 Å². The van der Waals surface area contributed by atoms with Crippen molar-refractivity contribution in [3.8, 4) is 0 Å². The Balaban J connectivity index is 3.12. The third-order valence-electron chi connectivity index (χ3n) is 1.53. The Bertz CT molecular complexity index is 361. The molecule has 68 valence electrons. The molecule has 0 fully saturated rings. The molecule has 0 saturated heterocycles. The van der Waals surface area contributed by atoms with Gasteiger partial charge in [-0.2, -0.15) is 4.39 Å². The van der Waals surface area contributed by atoms with E-state index in [0.29, 0.717) is 5.56 Å². The highest BCUT2D eigenvalue weighted by atomic mass is 19.1. The predicted molar refractivity (Wildman–Crippen MR) is 47.8 cm³/mol. The number of benzene rings is 1. The third kappa shape index (κ3) is 2.11. The number of allylic oxidation sites excluding steroid dienone is 1. The summed E-state index contributed by atoms with van der Waals surface area (Å²) >= 11 is 0. The molecule has 1 aromatic rings. The van der Waals surface area contributed by atoms with Crippen molar-refractivity contribution in [2.75, 3.05) is 0 Å². The van der Waals surface area contributed by atoms with E-state index in [0.717, 1.165) is 12.1 Å². The molecule has 0 heterocycles. The molecule has 0 aliphatic heterocycles. The van der Waals surface area contributed by atoms with E-state index in [9.17, 15) is 14.5 Å². The Morgan fingerprint density at radius 2 is 2.23 bits per heavy atom. The highest BCUT2D eigenvalue weighted by molar-refractivity contribution is 5.51. The highest BCUT2D eigenvalue weighted by Crippen LogP contribution is 2.18. The normalized spacial score (nSPS) is 10.6. The number of nitro benzene ring substituents is 1. The van der Waals surface area contributed by atoms with Crippen molar-refractivity contribution in [2.45, 2.75) is 6.92 Å². The molecule has 0 amide bonds. The Labute approximate surface area is 74.7 Å². The number of nitro groups is 1. The van der Waals surface area contributed by atoms with Gasteiger partial charge in [0.25, 0.3) is 0 Å². The van der Waals surface area contributed by atoms with Crippen molar-refractivity contribution in [3.63, 3.8) is 0 Å². The molecule has 0 bridgehead atoms. The zero-order chi connectivity index (χ0) is 9.84. The van der Waals surface area contributed by atoms with Crippen molar-refractivity contribution in [1.82, 2.24) is 0 Å². The molecule has 0 saturated carbocycles. The number of hydrogen-bond acceptors (Lipinski definition) is 2. The summed E-state index contributed by atoms with van der Waals surface area (Å²) in [4.78, 5) is 9.50. The second-order valence-corrected chi connectivity index (χ2v) is 2.47. The average Bonchev–Trinajstić information content (AvgIpc) is 2.04. The SMILES string of the molecule is C/C=C/c1ccc([N+](=O)[O-])c(F)c1. The minimum atomic E-state index is -0.805. The number of halogens is 1. The molecule has 0 aliphatic rings. The summed E-state index contributed by atoms with van der Waals surface area (Å²) in [6.45, 7) is 1.79. The zero-order valence-corrected chi connectivity index (χ0v) is 7.03. The second-order valence-electron chi connectivity index (χ2n) is 2.47. The minimum absolute atomic E-state index is 0.492. The van der Waals surface area contributed by atoms with Gasteiger partial charge < -0.3 is 0 Å². The lowest BCUT2D eigenvalue weighted by Crippen LogP contribution is -1.92. The molecule has 13 heavy (non-hydrogen) atoms. The van der Waals surface area contributed by atoms with E-state index in [1.807, 2.05) is 0 Å². The summed E-state index contributed by atoms with van der Waals surface area (Å²) in [6.07, 6.45) is 3.41. The molecule has 0 spiro atoms. The Kier molecular flexibility index (Phi) is 2.74. The second kappa shape index (κ2) is 3.80. The maximum Gasteiger partial charge on any atom is 0.304 e. The van der Waals surface area contributed by atoms with E-state index in [1.165, 1.54) is 6.07 Å². The van der Waals surface area contributed by atoms with E-state index in [-0.39, 0.29) is 0 Å². The molecule has 1 aromatic carbocycles. The fourth-order valence-corrected chi connectivity index (χ4v) is 0.967. The van der Waals surface area contributed by atoms with Gasteiger partial charge in [-0.25, -0.2) is 0 Å². The summed E-state index contributed by atoms with van der Waals surface area (Å²) in [6, 6.07) is 3.80. The Morgan fingerprint density at radius 1 is 1.54 bits per heavy atom. The van der Waals surface area contributed by atoms with Gasteiger partial charge in [0.05, 0.1) is 4.92 Å². The molecule has 0 aliphatic carbocycles. The topological polar surface area (TPSA) is 43.1 Å². The van der Waals surface area contributed by atoms with Gasteiger partial charge in [-0.15, -0.1) is 0 Å². The van der Waals surface area contributed by atoms with Crippen LogP contribution < -0.4 is 0 Å². The predicted octanol–water partition coefficient (Wildman–Crippen LogP) is 2.77. The first kappa shape index (κ1) is 9.38. The minimum Gasteiger partial charge on any atom is -0.258 e. The van der Waals surface area contributed by atoms with Crippen molar-refractivity contribution in [3.05, 3.63) is 45.8 Å². The van der Waals surface area contributed by atoms with Crippen LogP contribution in [0.4, 0.5) is 10.1 Å². The van der Waals surface area contributed by atoms with Crippen molar-refractivity contribution in [2.24, 2.45) is 0 Å². The van der Waals surface area contributed by atoms with Crippen LogP contribution in [0.5, 0.6) is 0 Å². The molecular weight excluding hydrogens is 173 g/mol. The van der Waals surface area contributed by atoms with Gasteiger partial charge in [0.1, 0.15) is 0 Å². The summed E-state index contributed by atoms with van der Waals surface area (Å²) < 4.78 is 12.9. The van der Waals surface area contributed by atoms with Crippen LogP contribution in [0.3, 0.4) is 0 Å². The summed E-state index contributed by atoms with van der Waals surface area (Å²) in [5.74, 6) is -0.805. The van der Waals surface area contributed by atoms with Gasteiger partial charge in [-0.3, -0.25) is 10.1 Å². The molecular formula is C9H8FNO2. The molecule has 0 aromatic heterocycles. The van der Waals surface area contributed by atoms with Crippen LogP contribution in [0.15, 0.2) is 24.3 Å². The van der Waals surface area contributed by atoms with E-state index in [4.69, 9.17) is 0 Å². The van der Waals surface area contributed by atoms with Gasteiger partial charge in [0, 0.05) is 6.07 Å². The quantitative estimate of drug-likeness (QED) is 0.520. The van der Waals surface area contributed by atoms with Gasteiger partial charge in [0.2, 0.25) is 5.82 Å². The van der Waals surface area contributed by atoms with Crippen LogP contribution in [0.25, 0.3) is 6.08 Å². The molecule has 0 unspecified atom stereocenters. The molecule has 0 radical (unpaired) electrons. The van der Waals surface area contributed by atoms with E-state index < -0.39 is 16.4 Å². The molecule has 4 heteroatoms. The van der Waals surface area contributed by atoms with Gasteiger partial charge in [-0.1, -0.05) is 12.2 Å². The smallest absolute Gasteiger partial charge is 0.258 e. The zero-order valence-electron chi connectivity index (χ0n) is 7.03. The fraction of sp³-hybridized carbons (Fsp3) is 0.111. The van der Waals surface area contributed by atoms with Gasteiger partial charge >= 0.3 is 5.69 Å². The number of nitrogens with zero attached hydrogens (tertiary/aromatic N) is 1. The standard InChI is InChI=1S/C9H8FNO2/c1-2-3-7-4-5-9(11(12)13)8(10)6-7/h2-6H,1H3/b3-2+. The number of rotatable bonds is 2. The Morgan fingerprint density at radius 3 is 2.69 bits per heavy atom. The summed E-state index contributed by atoms with van der Waals surface area (Å²) in [5.41, 5.74) is 0.124. The van der Waals surface area contributed by atoms with E-state index in [2.05, 4.69) is 0 Å². The van der Waals surface area contributed by atoms with Crippen molar-refractivity contribution in [1.29, 1.82) is 0 Å². The monoisotopic (exact) mass is 181 g/mol. The fourth-order valence-electron chi connectivity index (χ4n) is 0.967. The molecule has 3 nitrogen and oxygen atoms in total. The third-order valence-corrected chi connectivity index (χ3v) is 1.53. The Hall–Kier alpha value is -1.71. The highest BCUT2D eigenvalue weighted by Gasteiger charge is 2.12. The first-order valence-corrected chi connectivity index (χ1v) is 3.72. The van der Waals surface area contributed by atoms with Gasteiger partial charge in [-0.05, 0) is 24.6 Å². The summed E-state index contributed by atoms with van der Waals surface area (Å²) in [7, 11) is 0. The maximum absolute atomic E-state index is 12.9. The molecule has 0 atom stereocenters. The van der Waals surface area contributed by atoms with Crippen LogP contribution in [0.1, 0.15) is 12.5 Å². The van der Waals surface area contributed by atoms with E-state index in [1.54, 1.807) is 19.1 Å². The maximum atomic E-state index is 12.9. The largest absolute Gasteiger partial charge is 0.304 e. The average molecular weight is 181 g/mol. The van der Waals surface area contributed by atoms with E-state index >= 15 is 0 Å². The molecule has 1 rings (SSSR count). The lowest BCUT2D eigenvalue weighted by Gasteiger charge is -1.95. The van der Waals surface area contributed by atoms with Crippen LogP contribution >= 0.6 is 0 Å². The van der Waals surface area contributed by atoms with Crippen molar-refractivity contribution >= 4 is 11.8 Å². The summed E-state index contributed by atoms with van der Waals surface area (Å²) in [5, 5.41) is 10.2. The molecule has 0 N–H and O–H groups in total. The first-order chi connectivity index (χ1) is 6.15. The number of hydrogen-bond donors (Lipinski definition) is 0. The lowest BCUT2D eigenvalue weighted by molar-refractivity contribution is -0.387. The lowest BCUT2D eigenvalue weighted by atomic mass is 10.2. The van der Waals surface area contributed by atoms with Gasteiger partial charge in [0.15, 0.2) is 0 Å². The first-order valence-electron chi connectivity index (χ1n) is 3.72.